The quantitative estimate of drug-likeness (QED) is 0.450. The highest BCUT2D eigenvalue weighted by Gasteiger charge is 2.17. The van der Waals surface area contributed by atoms with Crippen LogP contribution in [0.25, 0.3) is 17.1 Å². The van der Waals surface area contributed by atoms with Gasteiger partial charge in [-0.15, -0.1) is 10.2 Å². The summed E-state index contributed by atoms with van der Waals surface area (Å²) >= 11 is 1.69. The van der Waals surface area contributed by atoms with Crippen LogP contribution in [-0.2, 0) is 5.75 Å². The zero-order chi connectivity index (χ0) is 18.6. The van der Waals surface area contributed by atoms with Crippen molar-refractivity contribution in [3.63, 3.8) is 0 Å². The number of aromatic nitrogens is 4. The molecule has 0 unspecified atom stereocenters. The van der Waals surface area contributed by atoms with E-state index in [0.717, 1.165) is 28.0 Å². The first-order valence-electron chi connectivity index (χ1n) is 8.82. The maximum Gasteiger partial charge on any atom is 0.196 e. The van der Waals surface area contributed by atoms with E-state index in [1.54, 1.807) is 18.0 Å². The molecule has 4 aromatic rings. The Balaban J connectivity index is 1.78. The fourth-order valence-corrected chi connectivity index (χ4v) is 3.94. The first kappa shape index (κ1) is 17.5. The summed E-state index contributed by atoms with van der Waals surface area (Å²) in [4.78, 5) is 4.25. The van der Waals surface area contributed by atoms with Crippen LogP contribution >= 0.6 is 11.8 Å². The topological polar surface area (TPSA) is 43.6 Å². The van der Waals surface area contributed by atoms with Crippen LogP contribution in [0.15, 0.2) is 78.2 Å². The van der Waals surface area contributed by atoms with Crippen LogP contribution in [0.4, 0.5) is 0 Å². The van der Waals surface area contributed by atoms with Gasteiger partial charge in [-0.3, -0.25) is 9.55 Å². The SMILES string of the molecule is Cc1ccc(-n2c(SCc3ccccc3)nnc2-c2cccnc2)c(C)c1. The Morgan fingerprint density at radius 1 is 0.926 bits per heavy atom. The fraction of sp³-hybridized carbons (Fsp3) is 0.136. The Kier molecular flexibility index (Phi) is 5.03. The van der Waals surface area contributed by atoms with E-state index in [0.29, 0.717) is 0 Å². The van der Waals surface area contributed by atoms with Crippen LogP contribution < -0.4 is 0 Å². The van der Waals surface area contributed by atoms with Crippen molar-refractivity contribution in [2.24, 2.45) is 0 Å². The minimum absolute atomic E-state index is 0.811. The second-order valence-electron chi connectivity index (χ2n) is 6.45. The molecule has 0 aliphatic rings. The molecular weight excluding hydrogens is 352 g/mol. The lowest BCUT2D eigenvalue weighted by atomic mass is 10.1. The van der Waals surface area contributed by atoms with Gasteiger partial charge in [0.05, 0.1) is 5.69 Å². The van der Waals surface area contributed by atoms with Gasteiger partial charge in [0, 0.05) is 23.7 Å². The second kappa shape index (κ2) is 7.76. The molecule has 2 aromatic carbocycles. The van der Waals surface area contributed by atoms with Crippen molar-refractivity contribution in [1.82, 2.24) is 19.7 Å². The third kappa shape index (κ3) is 3.78. The molecular formula is C22H20N4S. The van der Waals surface area contributed by atoms with E-state index in [1.807, 2.05) is 24.4 Å². The lowest BCUT2D eigenvalue weighted by molar-refractivity contribution is 0.879. The summed E-state index contributed by atoms with van der Waals surface area (Å²) in [5.41, 5.74) is 5.75. The van der Waals surface area contributed by atoms with Crippen molar-refractivity contribution >= 4 is 11.8 Å². The molecule has 0 aliphatic heterocycles. The van der Waals surface area contributed by atoms with Gasteiger partial charge < -0.3 is 0 Å². The molecule has 0 fully saturated rings. The number of nitrogens with zero attached hydrogens (tertiary/aromatic N) is 4. The van der Waals surface area contributed by atoms with Gasteiger partial charge in [-0.25, -0.2) is 0 Å². The summed E-state index contributed by atoms with van der Waals surface area (Å²) in [7, 11) is 0. The number of benzene rings is 2. The zero-order valence-electron chi connectivity index (χ0n) is 15.3. The van der Waals surface area contributed by atoms with Crippen molar-refractivity contribution in [1.29, 1.82) is 0 Å². The van der Waals surface area contributed by atoms with E-state index >= 15 is 0 Å². The van der Waals surface area contributed by atoms with Crippen molar-refractivity contribution in [3.05, 3.63) is 89.7 Å². The molecule has 2 aromatic heterocycles. The Morgan fingerprint density at radius 3 is 2.52 bits per heavy atom. The summed E-state index contributed by atoms with van der Waals surface area (Å²) in [6.07, 6.45) is 3.60. The van der Waals surface area contributed by atoms with Crippen LogP contribution in [0.3, 0.4) is 0 Å². The fourth-order valence-electron chi connectivity index (χ4n) is 3.04. The molecule has 0 N–H and O–H groups in total. The summed E-state index contributed by atoms with van der Waals surface area (Å²) in [5.74, 6) is 1.65. The average Bonchev–Trinajstić information content (AvgIpc) is 3.11. The van der Waals surface area contributed by atoms with Crippen molar-refractivity contribution < 1.29 is 0 Å². The van der Waals surface area contributed by atoms with Crippen molar-refractivity contribution in [2.45, 2.75) is 24.8 Å². The number of aryl methyl sites for hydroxylation is 2. The highest BCUT2D eigenvalue weighted by molar-refractivity contribution is 7.98. The van der Waals surface area contributed by atoms with E-state index < -0.39 is 0 Å². The second-order valence-corrected chi connectivity index (χ2v) is 7.39. The van der Waals surface area contributed by atoms with Crippen molar-refractivity contribution in [2.75, 3.05) is 0 Å². The van der Waals surface area contributed by atoms with E-state index in [-0.39, 0.29) is 0 Å². The summed E-state index contributed by atoms with van der Waals surface area (Å²) in [6, 6.07) is 20.8. The van der Waals surface area contributed by atoms with Gasteiger partial charge in [-0.1, -0.05) is 59.8 Å². The molecule has 4 rings (SSSR count). The van der Waals surface area contributed by atoms with Crippen LogP contribution in [-0.4, -0.2) is 19.7 Å². The van der Waals surface area contributed by atoms with Gasteiger partial charge in [0.25, 0.3) is 0 Å². The van der Waals surface area contributed by atoms with E-state index in [1.165, 1.54) is 16.7 Å². The molecule has 0 saturated carbocycles. The zero-order valence-corrected chi connectivity index (χ0v) is 16.1. The number of thioether (sulfide) groups is 1. The largest absolute Gasteiger partial charge is 0.270 e. The summed E-state index contributed by atoms with van der Waals surface area (Å²) in [5, 5.41) is 9.87. The average molecular weight is 372 g/mol. The third-order valence-corrected chi connectivity index (χ3v) is 5.36. The summed E-state index contributed by atoms with van der Waals surface area (Å²) in [6.45, 7) is 4.23. The van der Waals surface area contributed by atoms with Gasteiger partial charge in [-0.2, -0.15) is 0 Å². The molecule has 2 heterocycles. The number of rotatable bonds is 5. The van der Waals surface area contributed by atoms with Crippen LogP contribution in [0, 0.1) is 13.8 Å². The maximum atomic E-state index is 4.50. The van der Waals surface area contributed by atoms with Crippen molar-refractivity contribution in [3.8, 4) is 17.1 Å². The molecule has 0 atom stereocenters. The predicted molar refractivity (Wildman–Crippen MR) is 110 cm³/mol. The monoisotopic (exact) mass is 372 g/mol. The molecule has 4 nitrogen and oxygen atoms in total. The molecule has 0 amide bonds. The highest BCUT2D eigenvalue weighted by atomic mass is 32.2. The Hall–Kier alpha value is -2.92. The standard InChI is InChI=1S/C22H20N4S/c1-16-10-11-20(17(2)13-16)26-21(19-9-6-12-23-14-19)24-25-22(26)27-15-18-7-4-3-5-8-18/h3-14H,15H2,1-2H3. The van der Waals surface area contributed by atoms with Crippen LogP contribution in [0.2, 0.25) is 0 Å². The number of hydrogen-bond donors (Lipinski definition) is 0. The Bertz CT molecular complexity index is 1040. The van der Waals surface area contributed by atoms with Crippen LogP contribution in [0.5, 0.6) is 0 Å². The lowest BCUT2D eigenvalue weighted by Gasteiger charge is -2.13. The number of hydrogen-bond acceptors (Lipinski definition) is 4. The predicted octanol–water partition coefficient (Wildman–Crippen LogP) is 5.24. The highest BCUT2D eigenvalue weighted by Crippen LogP contribution is 2.31. The normalized spacial score (nSPS) is 10.9. The first-order valence-corrected chi connectivity index (χ1v) is 9.81. The van der Waals surface area contributed by atoms with E-state index in [2.05, 4.69) is 76.1 Å². The van der Waals surface area contributed by atoms with Gasteiger partial charge in [0.1, 0.15) is 0 Å². The van der Waals surface area contributed by atoms with Gasteiger partial charge in [0.15, 0.2) is 11.0 Å². The Morgan fingerprint density at radius 2 is 1.78 bits per heavy atom. The molecule has 27 heavy (non-hydrogen) atoms. The van der Waals surface area contributed by atoms with Gasteiger partial charge >= 0.3 is 0 Å². The minimum Gasteiger partial charge on any atom is -0.270 e. The maximum absolute atomic E-state index is 4.50. The lowest BCUT2D eigenvalue weighted by Crippen LogP contribution is -2.02. The molecule has 0 aliphatic carbocycles. The first-order chi connectivity index (χ1) is 13.2. The van der Waals surface area contributed by atoms with Gasteiger partial charge in [0.2, 0.25) is 0 Å². The minimum atomic E-state index is 0.811. The summed E-state index contributed by atoms with van der Waals surface area (Å²) < 4.78 is 2.14. The number of pyridine rings is 1. The molecule has 0 radical (unpaired) electrons. The van der Waals surface area contributed by atoms with Gasteiger partial charge in [-0.05, 0) is 43.2 Å². The Labute approximate surface area is 163 Å². The molecule has 0 spiro atoms. The van der Waals surface area contributed by atoms with Crippen LogP contribution in [0.1, 0.15) is 16.7 Å². The molecule has 134 valence electrons. The molecule has 0 saturated heterocycles. The van der Waals surface area contributed by atoms with E-state index in [4.69, 9.17) is 0 Å². The van der Waals surface area contributed by atoms with E-state index in [9.17, 15) is 0 Å². The molecule has 0 bridgehead atoms. The third-order valence-electron chi connectivity index (χ3n) is 4.36. The smallest absolute Gasteiger partial charge is 0.196 e. The molecule has 5 heteroatoms.